The first-order chi connectivity index (χ1) is 6.45. The molecular weight excluding hydrogens is 189 g/mol. The maximum absolute atomic E-state index is 12.3. The number of hydrogen-bond donors (Lipinski definition) is 0. The Labute approximate surface area is 81.1 Å². The zero-order valence-corrected chi connectivity index (χ0v) is 7.86. The average Bonchev–Trinajstić information content (AvgIpc) is 2.15. The zero-order chi connectivity index (χ0) is 10.8. The van der Waals surface area contributed by atoms with Gasteiger partial charge in [-0.1, -0.05) is 25.6 Å². The van der Waals surface area contributed by atoms with E-state index >= 15 is 0 Å². The lowest BCUT2D eigenvalue weighted by molar-refractivity contribution is -0.137. The van der Waals surface area contributed by atoms with Crippen molar-refractivity contribution in [3.63, 3.8) is 0 Å². The van der Waals surface area contributed by atoms with Crippen LogP contribution in [0.4, 0.5) is 13.2 Å². The van der Waals surface area contributed by atoms with E-state index in [1.807, 2.05) is 6.92 Å². The van der Waals surface area contributed by atoms with Crippen LogP contribution in [0.2, 0.25) is 0 Å². The lowest BCUT2D eigenvalue weighted by Crippen LogP contribution is -2.04. The normalized spacial score (nSPS) is 11.4. The zero-order valence-electron chi connectivity index (χ0n) is 7.86. The molecule has 0 bridgehead atoms. The maximum Gasteiger partial charge on any atom is 0.416 e. The van der Waals surface area contributed by atoms with Gasteiger partial charge in [-0.25, -0.2) is 0 Å². The third-order valence-electron chi connectivity index (χ3n) is 2.02. The predicted molar refractivity (Wildman–Crippen MR) is 50.8 cm³/mol. The second-order valence-electron chi connectivity index (χ2n) is 3.04. The first-order valence-electron chi connectivity index (χ1n) is 4.30. The van der Waals surface area contributed by atoms with Crippen LogP contribution in [-0.4, -0.2) is 0 Å². The minimum atomic E-state index is -4.27. The van der Waals surface area contributed by atoms with Crippen molar-refractivity contribution in [2.45, 2.75) is 19.5 Å². The number of allylic oxidation sites excluding steroid dienone is 1. The highest BCUT2D eigenvalue weighted by molar-refractivity contribution is 5.63. The molecule has 14 heavy (non-hydrogen) atoms. The van der Waals surface area contributed by atoms with E-state index in [0.717, 1.165) is 17.7 Å². The highest BCUT2D eigenvalue weighted by atomic mass is 19.4. The van der Waals surface area contributed by atoms with Crippen LogP contribution in [0.5, 0.6) is 0 Å². The van der Waals surface area contributed by atoms with Crippen LogP contribution in [0.25, 0.3) is 5.57 Å². The molecule has 1 rings (SSSR count). The molecule has 76 valence electrons. The molecule has 0 aliphatic rings. The number of hydrogen-bond acceptors (Lipinski definition) is 0. The monoisotopic (exact) mass is 200 g/mol. The van der Waals surface area contributed by atoms with Gasteiger partial charge >= 0.3 is 6.18 Å². The van der Waals surface area contributed by atoms with Crippen molar-refractivity contribution in [2.24, 2.45) is 0 Å². The molecule has 0 atom stereocenters. The van der Waals surface area contributed by atoms with E-state index in [2.05, 4.69) is 6.58 Å². The summed E-state index contributed by atoms with van der Waals surface area (Å²) in [6.45, 7) is 5.56. The van der Waals surface area contributed by atoms with Crippen LogP contribution >= 0.6 is 0 Å². The van der Waals surface area contributed by atoms with Gasteiger partial charge < -0.3 is 0 Å². The summed E-state index contributed by atoms with van der Waals surface area (Å²) in [7, 11) is 0. The molecule has 1 aromatic carbocycles. The highest BCUT2D eigenvalue weighted by Crippen LogP contribution is 2.31. The van der Waals surface area contributed by atoms with Gasteiger partial charge in [0.15, 0.2) is 0 Å². The second kappa shape index (κ2) is 3.86. The molecular formula is C11H11F3. The first-order valence-corrected chi connectivity index (χ1v) is 4.30. The Balaban J connectivity index is 3.08. The van der Waals surface area contributed by atoms with E-state index in [-0.39, 0.29) is 0 Å². The molecule has 0 saturated carbocycles. The molecule has 0 amide bonds. The van der Waals surface area contributed by atoms with E-state index < -0.39 is 11.7 Å². The van der Waals surface area contributed by atoms with E-state index in [1.54, 1.807) is 6.07 Å². The van der Waals surface area contributed by atoms with Crippen LogP contribution in [0.15, 0.2) is 30.8 Å². The quantitative estimate of drug-likeness (QED) is 0.673. The molecule has 0 N–H and O–H groups in total. The minimum Gasteiger partial charge on any atom is -0.166 e. The fourth-order valence-corrected chi connectivity index (χ4v) is 1.12. The summed E-state index contributed by atoms with van der Waals surface area (Å²) >= 11 is 0. The largest absolute Gasteiger partial charge is 0.416 e. The molecule has 1 aromatic rings. The van der Waals surface area contributed by atoms with Crippen molar-refractivity contribution in [1.82, 2.24) is 0 Å². The Morgan fingerprint density at radius 3 is 2.50 bits per heavy atom. The van der Waals surface area contributed by atoms with Gasteiger partial charge in [-0.15, -0.1) is 0 Å². The summed E-state index contributed by atoms with van der Waals surface area (Å²) in [4.78, 5) is 0. The molecule has 0 unspecified atom stereocenters. The van der Waals surface area contributed by atoms with Gasteiger partial charge in [-0.3, -0.25) is 0 Å². The standard InChI is InChI=1S/C11H11F3/c1-3-8(2)9-5-4-6-10(7-9)11(12,13)14/h4-7H,2-3H2,1H3. The van der Waals surface area contributed by atoms with Crippen LogP contribution in [-0.2, 0) is 6.18 Å². The Hall–Kier alpha value is -1.25. The van der Waals surface area contributed by atoms with Gasteiger partial charge in [0.05, 0.1) is 5.56 Å². The first kappa shape index (κ1) is 10.8. The molecule has 3 heteroatoms. The van der Waals surface area contributed by atoms with Crippen LogP contribution < -0.4 is 0 Å². The third-order valence-corrected chi connectivity index (χ3v) is 2.02. The van der Waals surface area contributed by atoms with Gasteiger partial charge in [-0.2, -0.15) is 13.2 Å². The van der Waals surface area contributed by atoms with E-state index in [1.165, 1.54) is 6.07 Å². The van der Waals surface area contributed by atoms with Crippen molar-refractivity contribution in [1.29, 1.82) is 0 Å². The number of benzene rings is 1. The van der Waals surface area contributed by atoms with Crippen LogP contribution in [0, 0.1) is 0 Å². The molecule has 0 radical (unpaired) electrons. The summed E-state index contributed by atoms with van der Waals surface area (Å²) in [5, 5.41) is 0. The molecule has 0 heterocycles. The fourth-order valence-electron chi connectivity index (χ4n) is 1.12. The summed E-state index contributed by atoms with van der Waals surface area (Å²) < 4.78 is 36.9. The number of halogens is 3. The molecule has 0 saturated heterocycles. The average molecular weight is 200 g/mol. The topological polar surface area (TPSA) is 0 Å². The minimum absolute atomic E-state index is 0.558. The highest BCUT2D eigenvalue weighted by Gasteiger charge is 2.30. The Morgan fingerprint density at radius 1 is 1.36 bits per heavy atom. The number of alkyl halides is 3. The molecule has 0 spiro atoms. The van der Waals surface area contributed by atoms with Crippen molar-refractivity contribution in [3.8, 4) is 0 Å². The Kier molecular flexibility index (Phi) is 2.99. The van der Waals surface area contributed by atoms with Crippen molar-refractivity contribution >= 4 is 5.57 Å². The number of rotatable bonds is 2. The molecule has 0 aliphatic heterocycles. The van der Waals surface area contributed by atoms with Gasteiger partial charge in [0, 0.05) is 0 Å². The summed E-state index contributed by atoms with van der Waals surface area (Å²) in [5.41, 5.74) is 0.656. The van der Waals surface area contributed by atoms with Gasteiger partial charge in [-0.05, 0) is 29.7 Å². The Bertz CT molecular complexity index is 337. The van der Waals surface area contributed by atoms with E-state index in [0.29, 0.717) is 12.0 Å². The molecule has 0 nitrogen and oxygen atoms in total. The summed E-state index contributed by atoms with van der Waals surface area (Å²) in [6.07, 6.45) is -3.62. The Morgan fingerprint density at radius 2 is 2.00 bits per heavy atom. The fraction of sp³-hybridized carbons (Fsp3) is 0.273. The molecule has 0 aliphatic carbocycles. The van der Waals surface area contributed by atoms with Gasteiger partial charge in [0.25, 0.3) is 0 Å². The SMILES string of the molecule is C=C(CC)c1cccc(C(F)(F)F)c1. The van der Waals surface area contributed by atoms with E-state index in [4.69, 9.17) is 0 Å². The van der Waals surface area contributed by atoms with Gasteiger partial charge in [0.1, 0.15) is 0 Å². The molecule has 0 aromatic heterocycles. The third kappa shape index (κ3) is 2.37. The van der Waals surface area contributed by atoms with Crippen molar-refractivity contribution in [2.75, 3.05) is 0 Å². The lowest BCUT2D eigenvalue weighted by atomic mass is 10.0. The molecule has 0 fully saturated rings. The van der Waals surface area contributed by atoms with Crippen molar-refractivity contribution < 1.29 is 13.2 Å². The van der Waals surface area contributed by atoms with E-state index in [9.17, 15) is 13.2 Å². The smallest absolute Gasteiger partial charge is 0.166 e. The van der Waals surface area contributed by atoms with Gasteiger partial charge in [0.2, 0.25) is 0 Å². The summed E-state index contributed by atoms with van der Waals surface area (Å²) in [6, 6.07) is 5.23. The maximum atomic E-state index is 12.3. The van der Waals surface area contributed by atoms with Crippen molar-refractivity contribution in [3.05, 3.63) is 42.0 Å². The summed E-state index contributed by atoms with van der Waals surface area (Å²) in [5.74, 6) is 0. The second-order valence-corrected chi connectivity index (χ2v) is 3.04. The van der Waals surface area contributed by atoms with Crippen LogP contribution in [0.1, 0.15) is 24.5 Å². The lowest BCUT2D eigenvalue weighted by Gasteiger charge is -2.09. The predicted octanol–water partition coefficient (Wildman–Crippen LogP) is 4.13. The van der Waals surface area contributed by atoms with Crippen LogP contribution in [0.3, 0.4) is 0 Å².